The fraction of sp³-hybridized carbons (Fsp3) is 0.929. The highest BCUT2D eigenvalue weighted by atomic mass is 35.5. The van der Waals surface area contributed by atoms with Crippen LogP contribution in [0.4, 0.5) is 0 Å². The molecule has 0 bridgehead atoms. The van der Waals surface area contributed by atoms with Gasteiger partial charge < -0.3 is 0 Å². The van der Waals surface area contributed by atoms with E-state index >= 15 is 0 Å². The second-order valence-electron chi connectivity index (χ2n) is 4.70. The molecule has 0 unspecified atom stereocenters. The zero-order chi connectivity index (χ0) is 12.2. The molecule has 0 saturated heterocycles. The molecular weight excluding hydrogens is 220 g/mol. The number of hydrogen-bond acceptors (Lipinski definition) is 1. The predicted octanol–water partition coefficient (Wildman–Crippen LogP) is 5.31. The fourth-order valence-corrected chi connectivity index (χ4v) is 2.22. The molecule has 96 valence electrons. The zero-order valence-electron chi connectivity index (χ0n) is 10.9. The minimum atomic E-state index is -0.118. The van der Waals surface area contributed by atoms with E-state index in [2.05, 4.69) is 13.8 Å². The second kappa shape index (κ2) is 11.4. The smallest absolute Gasteiger partial charge is 0.224 e. The molecule has 0 rings (SSSR count). The lowest BCUT2D eigenvalue weighted by Gasteiger charge is -2.11. The summed E-state index contributed by atoms with van der Waals surface area (Å²) in [5, 5.41) is -0.118. The minimum Gasteiger partial charge on any atom is -0.281 e. The van der Waals surface area contributed by atoms with Crippen LogP contribution in [0.3, 0.4) is 0 Å². The van der Waals surface area contributed by atoms with Crippen LogP contribution < -0.4 is 0 Å². The average molecular weight is 247 g/mol. The van der Waals surface area contributed by atoms with Crippen molar-refractivity contribution >= 4 is 16.8 Å². The third-order valence-electron chi connectivity index (χ3n) is 3.13. The maximum absolute atomic E-state index is 11.2. The molecule has 0 aromatic heterocycles. The van der Waals surface area contributed by atoms with E-state index in [1.165, 1.54) is 38.5 Å². The highest BCUT2D eigenvalue weighted by Gasteiger charge is 2.14. The summed E-state index contributed by atoms with van der Waals surface area (Å²) < 4.78 is 0. The van der Waals surface area contributed by atoms with E-state index in [-0.39, 0.29) is 11.2 Å². The molecule has 0 radical (unpaired) electrons. The number of rotatable bonds is 11. The van der Waals surface area contributed by atoms with E-state index in [0.717, 1.165) is 25.7 Å². The summed E-state index contributed by atoms with van der Waals surface area (Å²) in [5.41, 5.74) is 0. The Balaban J connectivity index is 3.59. The second-order valence-corrected chi connectivity index (χ2v) is 5.07. The molecule has 0 aliphatic heterocycles. The summed E-state index contributed by atoms with van der Waals surface area (Å²) in [4.78, 5) is 11.2. The standard InChI is InChI=1S/C14H27ClO/c1-3-5-7-9-11-13(14(15)16)12-10-8-6-4-2/h13H,3-12H2,1-2H3. The van der Waals surface area contributed by atoms with Crippen LogP contribution in [0.2, 0.25) is 0 Å². The van der Waals surface area contributed by atoms with Gasteiger partial charge in [0.25, 0.3) is 0 Å². The molecule has 0 aromatic carbocycles. The Morgan fingerprint density at radius 1 is 0.875 bits per heavy atom. The number of carbonyl (C=O) groups excluding carboxylic acids is 1. The van der Waals surface area contributed by atoms with Gasteiger partial charge in [-0.25, -0.2) is 0 Å². The van der Waals surface area contributed by atoms with Crippen molar-refractivity contribution in [3.63, 3.8) is 0 Å². The molecule has 1 nitrogen and oxygen atoms in total. The van der Waals surface area contributed by atoms with E-state index in [1.807, 2.05) is 0 Å². The van der Waals surface area contributed by atoms with Gasteiger partial charge >= 0.3 is 0 Å². The first kappa shape index (κ1) is 16.0. The predicted molar refractivity (Wildman–Crippen MR) is 71.9 cm³/mol. The summed E-state index contributed by atoms with van der Waals surface area (Å²) in [7, 11) is 0. The van der Waals surface area contributed by atoms with Crippen LogP contribution >= 0.6 is 11.6 Å². The SMILES string of the molecule is CCCCCCC(CCCCCC)C(=O)Cl. The molecule has 2 heteroatoms. The van der Waals surface area contributed by atoms with Crippen molar-refractivity contribution in [2.24, 2.45) is 5.92 Å². The molecular formula is C14H27ClO. The molecule has 0 aliphatic rings. The normalized spacial score (nSPS) is 11.0. The fourth-order valence-electron chi connectivity index (χ4n) is 2.01. The van der Waals surface area contributed by atoms with Crippen LogP contribution in [0.1, 0.15) is 78.1 Å². The summed E-state index contributed by atoms with van der Waals surface area (Å²) in [6, 6.07) is 0. The lowest BCUT2D eigenvalue weighted by atomic mass is 9.95. The van der Waals surface area contributed by atoms with Gasteiger partial charge in [0, 0.05) is 5.92 Å². The van der Waals surface area contributed by atoms with Crippen molar-refractivity contribution in [1.29, 1.82) is 0 Å². The van der Waals surface area contributed by atoms with Crippen LogP contribution in [-0.2, 0) is 4.79 Å². The number of unbranched alkanes of at least 4 members (excludes halogenated alkanes) is 6. The van der Waals surface area contributed by atoms with E-state index < -0.39 is 0 Å². The minimum absolute atomic E-state index is 0.118. The van der Waals surface area contributed by atoms with Crippen molar-refractivity contribution in [2.45, 2.75) is 78.1 Å². The van der Waals surface area contributed by atoms with Gasteiger partial charge in [-0.2, -0.15) is 0 Å². The Morgan fingerprint density at radius 3 is 1.62 bits per heavy atom. The molecule has 16 heavy (non-hydrogen) atoms. The van der Waals surface area contributed by atoms with Crippen molar-refractivity contribution in [1.82, 2.24) is 0 Å². The molecule has 0 aliphatic carbocycles. The number of halogens is 1. The first-order valence-corrected chi connectivity index (χ1v) is 7.29. The lowest BCUT2D eigenvalue weighted by Crippen LogP contribution is -2.08. The quantitative estimate of drug-likeness (QED) is 0.357. The van der Waals surface area contributed by atoms with Crippen molar-refractivity contribution in [3.05, 3.63) is 0 Å². The van der Waals surface area contributed by atoms with Crippen LogP contribution in [-0.4, -0.2) is 5.24 Å². The Labute approximate surface area is 106 Å². The lowest BCUT2D eigenvalue weighted by molar-refractivity contribution is -0.115. The number of hydrogen-bond donors (Lipinski definition) is 0. The van der Waals surface area contributed by atoms with E-state index in [0.29, 0.717) is 0 Å². The van der Waals surface area contributed by atoms with E-state index in [4.69, 9.17) is 11.6 Å². The van der Waals surface area contributed by atoms with Crippen molar-refractivity contribution in [2.75, 3.05) is 0 Å². The van der Waals surface area contributed by atoms with Gasteiger partial charge in [0.1, 0.15) is 0 Å². The van der Waals surface area contributed by atoms with Crippen LogP contribution in [0, 0.1) is 5.92 Å². The van der Waals surface area contributed by atoms with Crippen LogP contribution in [0.15, 0.2) is 0 Å². The van der Waals surface area contributed by atoms with Gasteiger partial charge in [0.15, 0.2) is 0 Å². The topological polar surface area (TPSA) is 17.1 Å². The highest BCUT2D eigenvalue weighted by molar-refractivity contribution is 6.63. The number of carbonyl (C=O) groups is 1. The Hall–Kier alpha value is -0.0400. The first-order valence-electron chi connectivity index (χ1n) is 6.91. The summed E-state index contributed by atoms with van der Waals surface area (Å²) >= 11 is 5.63. The highest BCUT2D eigenvalue weighted by Crippen LogP contribution is 2.20. The van der Waals surface area contributed by atoms with Crippen LogP contribution in [0.5, 0.6) is 0 Å². The molecule has 0 spiro atoms. The molecule has 0 N–H and O–H groups in total. The van der Waals surface area contributed by atoms with Gasteiger partial charge in [-0.3, -0.25) is 4.79 Å². The monoisotopic (exact) mass is 246 g/mol. The summed E-state index contributed by atoms with van der Waals surface area (Å²) in [5.74, 6) is 0.121. The maximum atomic E-state index is 11.2. The van der Waals surface area contributed by atoms with Crippen molar-refractivity contribution < 1.29 is 4.79 Å². The van der Waals surface area contributed by atoms with Crippen molar-refractivity contribution in [3.8, 4) is 0 Å². The van der Waals surface area contributed by atoms with Gasteiger partial charge in [-0.1, -0.05) is 65.2 Å². The first-order chi connectivity index (χ1) is 7.72. The van der Waals surface area contributed by atoms with Gasteiger partial charge in [0.05, 0.1) is 0 Å². The summed E-state index contributed by atoms with van der Waals surface area (Å²) in [6.07, 6.45) is 11.8. The molecule has 0 atom stereocenters. The third kappa shape index (κ3) is 9.21. The third-order valence-corrected chi connectivity index (χ3v) is 3.44. The van der Waals surface area contributed by atoms with Crippen LogP contribution in [0.25, 0.3) is 0 Å². The molecule has 0 aromatic rings. The molecule has 0 amide bonds. The molecule has 0 saturated carbocycles. The Kier molecular flexibility index (Phi) is 11.4. The summed E-state index contributed by atoms with van der Waals surface area (Å²) in [6.45, 7) is 4.41. The Bertz CT molecular complexity index is 156. The van der Waals surface area contributed by atoms with E-state index in [1.54, 1.807) is 0 Å². The zero-order valence-corrected chi connectivity index (χ0v) is 11.7. The maximum Gasteiger partial charge on any atom is 0.224 e. The Morgan fingerprint density at radius 2 is 1.31 bits per heavy atom. The van der Waals surface area contributed by atoms with Gasteiger partial charge in [-0.05, 0) is 24.4 Å². The average Bonchev–Trinajstić information content (AvgIpc) is 2.26. The van der Waals surface area contributed by atoms with Gasteiger partial charge in [-0.15, -0.1) is 0 Å². The van der Waals surface area contributed by atoms with Gasteiger partial charge in [0.2, 0.25) is 5.24 Å². The largest absolute Gasteiger partial charge is 0.281 e. The molecule has 0 heterocycles. The molecule has 0 fully saturated rings. The van der Waals surface area contributed by atoms with E-state index in [9.17, 15) is 4.79 Å².